The van der Waals surface area contributed by atoms with Crippen LogP contribution in [0.15, 0.2) is 24.3 Å². The molecule has 3 heteroatoms. The lowest BCUT2D eigenvalue weighted by atomic mass is 9.79. The van der Waals surface area contributed by atoms with Crippen molar-refractivity contribution in [1.29, 1.82) is 0 Å². The summed E-state index contributed by atoms with van der Waals surface area (Å²) in [5, 5.41) is 4.57. The molecule has 1 heterocycles. The molecule has 1 saturated heterocycles. The zero-order chi connectivity index (χ0) is 15.3. The first-order chi connectivity index (χ1) is 10.2. The van der Waals surface area contributed by atoms with Gasteiger partial charge in [-0.15, -0.1) is 0 Å². The highest BCUT2D eigenvalue weighted by Crippen LogP contribution is 2.39. The van der Waals surface area contributed by atoms with E-state index in [0.717, 1.165) is 11.6 Å². The van der Waals surface area contributed by atoms with Gasteiger partial charge in [-0.25, -0.2) is 0 Å². The predicted octanol–water partition coefficient (Wildman–Crippen LogP) is 4.65. The molecule has 118 valence electrons. The smallest absolute Gasteiger partial charge is 0.0506 e. The summed E-state index contributed by atoms with van der Waals surface area (Å²) in [4.78, 5) is 2.72. The zero-order valence-electron chi connectivity index (χ0n) is 13.7. The number of rotatable bonds is 7. The fourth-order valence-corrected chi connectivity index (χ4v) is 4.05. The minimum atomic E-state index is 0.209. The Balaban J connectivity index is 2.37. The van der Waals surface area contributed by atoms with Gasteiger partial charge < -0.3 is 5.32 Å². The lowest BCUT2D eigenvalue weighted by molar-refractivity contribution is 0.0623. The van der Waals surface area contributed by atoms with Crippen molar-refractivity contribution in [2.75, 3.05) is 19.6 Å². The first-order valence-electron chi connectivity index (χ1n) is 8.41. The number of nitrogens with one attached hydrogen (secondary N) is 1. The van der Waals surface area contributed by atoms with Gasteiger partial charge >= 0.3 is 0 Å². The second-order valence-corrected chi connectivity index (χ2v) is 6.48. The fraction of sp³-hybridized carbons (Fsp3) is 0.667. The Hall–Kier alpha value is -0.570. The summed E-state index contributed by atoms with van der Waals surface area (Å²) in [5.41, 5.74) is 1.57. The first kappa shape index (κ1) is 16.8. The summed E-state index contributed by atoms with van der Waals surface area (Å²) in [5.74, 6) is 0. The van der Waals surface area contributed by atoms with Gasteiger partial charge in [0.2, 0.25) is 0 Å². The van der Waals surface area contributed by atoms with Gasteiger partial charge in [0.05, 0.1) is 6.04 Å². The number of likely N-dealkylation sites (N-methyl/N-ethyl adjacent to an activating group) is 1. The second-order valence-electron chi connectivity index (χ2n) is 6.05. The van der Waals surface area contributed by atoms with Crippen molar-refractivity contribution in [1.82, 2.24) is 10.2 Å². The van der Waals surface area contributed by atoms with Crippen molar-refractivity contribution < 1.29 is 0 Å². The maximum Gasteiger partial charge on any atom is 0.0506 e. The Labute approximate surface area is 134 Å². The third-order valence-corrected chi connectivity index (χ3v) is 5.36. The Morgan fingerprint density at radius 3 is 2.14 bits per heavy atom. The minimum absolute atomic E-state index is 0.209. The molecule has 1 fully saturated rings. The van der Waals surface area contributed by atoms with Gasteiger partial charge in [-0.1, -0.05) is 44.5 Å². The normalized spacial score (nSPS) is 18.1. The van der Waals surface area contributed by atoms with E-state index >= 15 is 0 Å². The topological polar surface area (TPSA) is 15.3 Å². The van der Waals surface area contributed by atoms with E-state index in [9.17, 15) is 0 Å². The molecule has 21 heavy (non-hydrogen) atoms. The molecule has 0 aromatic heterocycles. The third kappa shape index (κ3) is 3.44. The van der Waals surface area contributed by atoms with Crippen LogP contribution in [0.2, 0.25) is 5.02 Å². The molecular weight excluding hydrogens is 280 g/mol. The summed E-state index contributed by atoms with van der Waals surface area (Å²) >= 11 is 6.07. The zero-order valence-corrected chi connectivity index (χ0v) is 14.4. The molecule has 0 radical (unpaired) electrons. The summed E-state index contributed by atoms with van der Waals surface area (Å²) in [6.07, 6.45) is 5.01. The third-order valence-electron chi connectivity index (χ3n) is 5.11. The maximum atomic E-state index is 6.07. The Morgan fingerprint density at radius 2 is 1.67 bits per heavy atom. The van der Waals surface area contributed by atoms with E-state index in [1.54, 1.807) is 0 Å². The number of hydrogen-bond donors (Lipinski definition) is 1. The molecule has 1 aliphatic rings. The largest absolute Gasteiger partial charge is 0.309 e. The van der Waals surface area contributed by atoms with Crippen LogP contribution in [0.5, 0.6) is 0 Å². The van der Waals surface area contributed by atoms with Crippen LogP contribution in [-0.4, -0.2) is 30.1 Å². The minimum Gasteiger partial charge on any atom is -0.309 e. The standard InChI is InChI=1S/C18H29ClN2/c1-4-18(5-2,21-13-7-8-14-21)17(20-6-3)15-9-11-16(19)12-10-15/h9-12,17,20H,4-8,13-14H2,1-3H3. The molecule has 2 nitrogen and oxygen atoms in total. The van der Waals surface area contributed by atoms with Crippen molar-refractivity contribution in [2.45, 2.75) is 58.0 Å². The van der Waals surface area contributed by atoms with Crippen LogP contribution >= 0.6 is 11.6 Å². The molecule has 2 rings (SSSR count). The number of halogens is 1. The van der Waals surface area contributed by atoms with Crippen molar-refractivity contribution in [2.24, 2.45) is 0 Å². The van der Waals surface area contributed by atoms with Crippen molar-refractivity contribution in [3.63, 3.8) is 0 Å². The van der Waals surface area contributed by atoms with E-state index < -0.39 is 0 Å². The summed E-state index contributed by atoms with van der Waals surface area (Å²) < 4.78 is 0. The van der Waals surface area contributed by atoms with E-state index in [1.807, 2.05) is 12.1 Å². The molecular formula is C18H29ClN2. The van der Waals surface area contributed by atoms with E-state index in [2.05, 4.69) is 43.1 Å². The first-order valence-corrected chi connectivity index (χ1v) is 8.79. The van der Waals surface area contributed by atoms with Crippen molar-refractivity contribution >= 4 is 11.6 Å². The predicted molar refractivity (Wildman–Crippen MR) is 92.0 cm³/mol. The fourth-order valence-electron chi connectivity index (χ4n) is 3.93. The average molecular weight is 309 g/mol. The summed E-state index contributed by atoms with van der Waals surface area (Å²) in [6.45, 7) is 10.3. The molecule has 1 aliphatic heterocycles. The Bertz CT molecular complexity index is 419. The van der Waals surface area contributed by atoms with E-state index in [1.165, 1.54) is 44.3 Å². The van der Waals surface area contributed by atoms with Gasteiger partial charge in [0.1, 0.15) is 0 Å². The lowest BCUT2D eigenvalue weighted by Gasteiger charge is -2.47. The SMILES string of the molecule is CCNC(c1ccc(Cl)cc1)C(CC)(CC)N1CCCC1. The monoisotopic (exact) mass is 308 g/mol. The van der Waals surface area contributed by atoms with Gasteiger partial charge in [-0.05, 0) is 63.0 Å². The van der Waals surface area contributed by atoms with Gasteiger partial charge in [0, 0.05) is 10.6 Å². The molecule has 1 aromatic carbocycles. The molecule has 1 atom stereocenters. The van der Waals surface area contributed by atoms with Crippen molar-refractivity contribution in [3.8, 4) is 0 Å². The van der Waals surface area contributed by atoms with Crippen LogP contribution < -0.4 is 5.32 Å². The molecule has 0 aliphatic carbocycles. The van der Waals surface area contributed by atoms with Crippen molar-refractivity contribution in [3.05, 3.63) is 34.9 Å². The van der Waals surface area contributed by atoms with E-state index in [-0.39, 0.29) is 5.54 Å². The highest BCUT2D eigenvalue weighted by molar-refractivity contribution is 6.30. The number of benzene rings is 1. The van der Waals surface area contributed by atoms with Crippen LogP contribution in [0.3, 0.4) is 0 Å². The maximum absolute atomic E-state index is 6.07. The molecule has 0 amide bonds. The van der Waals surface area contributed by atoms with Crippen LogP contribution in [0.25, 0.3) is 0 Å². The highest BCUT2D eigenvalue weighted by atomic mass is 35.5. The van der Waals surface area contributed by atoms with E-state index in [0.29, 0.717) is 6.04 Å². The average Bonchev–Trinajstić information content (AvgIpc) is 3.04. The Kier molecular flexibility index (Phi) is 6.09. The van der Waals surface area contributed by atoms with Gasteiger partial charge in [0.25, 0.3) is 0 Å². The molecule has 0 spiro atoms. The van der Waals surface area contributed by atoms with E-state index in [4.69, 9.17) is 11.6 Å². The molecule has 0 bridgehead atoms. The highest BCUT2D eigenvalue weighted by Gasteiger charge is 2.42. The Morgan fingerprint density at radius 1 is 1.10 bits per heavy atom. The quantitative estimate of drug-likeness (QED) is 0.789. The second kappa shape index (κ2) is 7.62. The van der Waals surface area contributed by atoms with Crippen LogP contribution in [-0.2, 0) is 0 Å². The van der Waals surface area contributed by atoms with Crippen LogP contribution in [0, 0.1) is 0 Å². The van der Waals surface area contributed by atoms with Gasteiger partial charge in [-0.2, -0.15) is 0 Å². The molecule has 1 N–H and O–H groups in total. The molecule has 0 saturated carbocycles. The number of likely N-dealkylation sites (tertiary alicyclic amines) is 1. The summed E-state index contributed by atoms with van der Waals surface area (Å²) in [6, 6.07) is 8.77. The molecule has 1 unspecified atom stereocenters. The summed E-state index contributed by atoms with van der Waals surface area (Å²) in [7, 11) is 0. The van der Waals surface area contributed by atoms with Crippen LogP contribution in [0.1, 0.15) is 58.1 Å². The van der Waals surface area contributed by atoms with Gasteiger partial charge in [0.15, 0.2) is 0 Å². The van der Waals surface area contributed by atoms with Crippen LogP contribution in [0.4, 0.5) is 0 Å². The lowest BCUT2D eigenvalue weighted by Crippen LogP contribution is -2.55. The van der Waals surface area contributed by atoms with Gasteiger partial charge in [-0.3, -0.25) is 4.90 Å². The number of nitrogens with zero attached hydrogens (tertiary/aromatic N) is 1. The molecule has 1 aromatic rings. The number of hydrogen-bond acceptors (Lipinski definition) is 2.